The van der Waals surface area contributed by atoms with Gasteiger partial charge in [0.05, 0.1) is 70.1 Å². The van der Waals surface area contributed by atoms with Gasteiger partial charge in [-0.3, -0.25) is 9.36 Å². The van der Waals surface area contributed by atoms with Crippen LogP contribution in [0.1, 0.15) is 114 Å². The zero-order chi connectivity index (χ0) is 42.5. The number of alkyl carbamates (subject to hydrolysis) is 1. The van der Waals surface area contributed by atoms with Crippen LogP contribution in [0.5, 0.6) is 5.75 Å². The van der Waals surface area contributed by atoms with Crippen molar-refractivity contribution >= 4 is 46.8 Å². The van der Waals surface area contributed by atoms with Gasteiger partial charge in [0.1, 0.15) is 23.4 Å². The second-order valence-electron chi connectivity index (χ2n) is 18.6. The number of nitrogens with zero attached hydrogens (tertiary/aromatic N) is 3. The molecule has 2 aromatic carbocycles. The van der Waals surface area contributed by atoms with Crippen molar-refractivity contribution in [2.24, 2.45) is 5.92 Å². The molecule has 4 aliphatic heterocycles. The van der Waals surface area contributed by atoms with Crippen LogP contribution in [-0.2, 0) is 23.6 Å². The highest BCUT2D eigenvalue weighted by Crippen LogP contribution is 2.50. The van der Waals surface area contributed by atoms with Gasteiger partial charge in [-0.1, -0.05) is 6.07 Å². The number of rotatable bonds is 8. The molecule has 7 heterocycles. The van der Waals surface area contributed by atoms with Crippen molar-refractivity contribution in [3.63, 3.8) is 0 Å². The van der Waals surface area contributed by atoms with Gasteiger partial charge in [0, 0.05) is 22.4 Å². The number of amides is 2. The highest BCUT2D eigenvalue weighted by atomic mass is 32.1. The summed E-state index contributed by atoms with van der Waals surface area (Å²) in [6.07, 6.45) is 5.87. The molecule has 1 aliphatic carbocycles. The lowest BCUT2D eigenvalue weighted by Gasteiger charge is -2.38. The number of nitrogens with one attached hydrogen (secondary N) is 2. The lowest BCUT2D eigenvalue weighted by molar-refractivity contribution is -0.138. The van der Waals surface area contributed by atoms with Crippen LogP contribution in [0.2, 0.25) is 0 Å². The maximum Gasteiger partial charge on any atom is 0.495 e. The van der Waals surface area contributed by atoms with Crippen molar-refractivity contribution in [1.82, 2.24) is 24.8 Å². The molecule has 5 atom stereocenters. The SMILES string of the molecule is COC(=O)NC(C(=O)N1CCCC1c1ncc(-c2ccc3c(c2)cc2n3C(c3ccc(C4CC4)s3)Oc3cc(B4OC(C)(C)C(C)(C)O4)cc(F)c3-2)[nH]1)C1CC(C)OC(C)C1. The van der Waals surface area contributed by atoms with E-state index in [1.54, 1.807) is 11.3 Å². The fourth-order valence-electron chi connectivity index (χ4n) is 9.80. The average Bonchev–Trinajstić information content (AvgIpc) is 3.67. The number of carbonyl (C=O) groups excluding carboxylic acids is 2. The fraction of sp³-hybridized carbons (Fsp3) is 0.500. The fourth-order valence-corrected chi connectivity index (χ4v) is 11.0. The number of likely N-dealkylation sites (tertiary alicyclic amines) is 1. The maximum absolute atomic E-state index is 16.6. The first-order chi connectivity index (χ1) is 29.2. The standard InChI is InChI=1S/C46H53BFN5O7S/c1-24-17-29(18-25(2)57-24)40(51-44(55)56-7)42(54)52-16-8-9-34(52)41-49-23-32(50-41)27-12-13-33-28(19-27)20-35-39-31(48)21-30(47-59-45(3,4)46(5,6)60-47)22-36(39)58-43(53(33)35)38-15-14-37(61-38)26-10-11-26/h12-15,19-26,29,34,40,43H,8-11,16-18H2,1-7H3,(H,49,50)(H,51,55). The van der Waals surface area contributed by atoms with E-state index in [-0.39, 0.29) is 30.1 Å². The molecule has 4 fully saturated rings. The van der Waals surface area contributed by atoms with Crippen LogP contribution in [0, 0.1) is 11.7 Å². The molecule has 320 valence electrons. The minimum Gasteiger partial charge on any atom is -0.464 e. The molecule has 12 nitrogen and oxygen atoms in total. The smallest absolute Gasteiger partial charge is 0.464 e. The predicted octanol–water partition coefficient (Wildman–Crippen LogP) is 8.61. The number of aromatic amines is 1. The molecule has 1 saturated carbocycles. The average molecular weight is 850 g/mol. The third kappa shape index (κ3) is 7.14. The van der Waals surface area contributed by atoms with Gasteiger partial charge in [0.25, 0.3) is 0 Å². The first-order valence-corrected chi connectivity index (χ1v) is 22.5. The number of fused-ring (bicyclic) bond motifs is 5. The predicted molar refractivity (Wildman–Crippen MR) is 231 cm³/mol. The van der Waals surface area contributed by atoms with Gasteiger partial charge in [0.15, 0.2) is 0 Å². The summed E-state index contributed by atoms with van der Waals surface area (Å²) in [6, 6.07) is 15.0. The van der Waals surface area contributed by atoms with Crippen molar-refractivity contribution in [2.45, 2.75) is 128 Å². The third-order valence-corrected chi connectivity index (χ3v) is 15.0. The van der Waals surface area contributed by atoms with E-state index in [1.165, 1.54) is 30.9 Å². The van der Waals surface area contributed by atoms with E-state index in [0.717, 1.165) is 45.6 Å². The maximum atomic E-state index is 16.6. The topological polar surface area (TPSA) is 129 Å². The number of ether oxygens (including phenoxy) is 3. The molecule has 3 saturated heterocycles. The second kappa shape index (κ2) is 15.0. The Hall–Kier alpha value is -4.70. The first-order valence-electron chi connectivity index (χ1n) is 21.6. The number of methoxy groups -OCH3 is 1. The summed E-state index contributed by atoms with van der Waals surface area (Å²) < 4.78 is 49.1. The van der Waals surface area contributed by atoms with Crippen molar-refractivity contribution in [3.05, 3.63) is 76.1 Å². The molecule has 5 aliphatic rings. The highest BCUT2D eigenvalue weighted by molar-refractivity contribution is 7.12. The Morgan fingerprint density at radius 2 is 1.74 bits per heavy atom. The first kappa shape index (κ1) is 40.4. The van der Waals surface area contributed by atoms with Crippen molar-refractivity contribution < 1.29 is 37.5 Å². The van der Waals surface area contributed by atoms with Crippen LogP contribution in [0.3, 0.4) is 0 Å². The number of thiophene rings is 1. The number of aromatic nitrogens is 3. The molecular weight excluding hydrogens is 796 g/mol. The quantitative estimate of drug-likeness (QED) is 0.149. The van der Waals surface area contributed by atoms with Gasteiger partial charge in [-0.25, -0.2) is 14.2 Å². The number of halogens is 1. The molecule has 3 aromatic heterocycles. The lowest BCUT2D eigenvalue weighted by atomic mass is 9.78. The van der Waals surface area contributed by atoms with E-state index in [1.807, 2.05) is 70.8 Å². The molecule has 0 radical (unpaired) electrons. The summed E-state index contributed by atoms with van der Waals surface area (Å²) in [5, 5.41) is 3.79. The number of imidazole rings is 1. The molecule has 61 heavy (non-hydrogen) atoms. The summed E-state index contributed by atoms with van der Waals surface area (Å²) in [6.45, 7) is 12.5. The van der Waals surface area contributed by atoms with E-state index in [4.69, 9.17) is 28.5 Å². The minimum atomic E-state index is -0.743. The normalized spacial score (nSPS) is 25.9. The van der Waals surface area contributed by atoms with Gasteiger partial charge in [-0.05, 0) is 140 Å². The van der Waals surface area contributed by atoms with E-state index in [9.17, 15) is 9.59 Å². The molecule has 5 unspecified atom stereocenters. The molecule has 2 N–H and O–H groups in total. The zero-order valence-electron chi connectivity index (χ0n) is 35.8. The summed E-state index contributed by atoms with van der Waals surface area (Å²) in [5.74, 6) is 1.09. The monoisotopic (exact) mass is 849 g/mol. The Labute approximate surface area is 359 Å². The lowest BCUT2D eigenvalue weighted by Crippen LogP contribution is -2.54. The number of benzene rings is 2. The molecular formula is C46H53BFN5O7S. The van der Waals surface area contributed by atoms with Gasteiger partial charge in [-0.2, -0.15) is 0 Å². The van der Waals surface area contributed by atoms with Crippen molar-refractivity contribution in [3.8, 4) is 28.3 Å². The van der Waals surface area contributed by atoms with Gasteiger partial charge < -0.3 is 38.7 Å². The van der Waals surface area contributed by atoms with Crippen LogP contribution in [0.15, 0.2) is 54.7 Å². The highest BCUT2D eigenvalue weighted by Gasteiger charge is 2.52. The second-order valence-corrected chi connectivity index (χ2v) is 19.7. The molecule has 5 aromatic rings. The van der Waals surface area contributed by atoms with Crippen LogP contribution >= 0.6 is 11.3 Å². The van der Waals surface area contributed by atoms with E-state index >= 15 is 4.39 Å². The molecule has 0 bridgehead atoms. The van der Waals surface area contributed by atoms with Crippen LogP contribution < -0.4 is 15.5 Å². The Balaban J connectivity index is 0.976. The summed E-state index contributed by atoms with van der Waals surface area (Å²) >= 11 is 1.76. The molecule has 15 heteroatoms. The van der Waals surface area contributed by atoms with Gasteiger partial charge in [0.2, 0.25) is 12.1 Å². The number of H-pyrrole nitrogens is 1. The van der Waals surface area contributed by atoms with Crippen molar-refractivity contribution in [1.29, 1.82) is 0 Å². The molecule has 0 spiro atoms. The Morgan fingerprint density at radius 1 is 1.00 bits per heavy atom. The Bertz CT molecular complexity index is 2500. The van der Waals surface area contributed by atoms with E-state index in [0.29, 0.717) is 47.9 Å². The number of hydrogen-bond donors (Lipinski definition) is 2. The van der Waals surface area contributed by atoms with E-state index in [2.05, 4.69) is 39.1 Å². The summed E-state index contributed by atoms with van der Waals surface area (Å²) in [4.78, 5) is 39.5. The Morgan fingerprint density at radius 3 is 2.46 bits per heavy atom. The summed E-state index contributed by atoms with van der Waals surface area (Å²) in [7, 11) is 0.573. The van der Waals surface area contributed by atoms with Gasteiger partial charge >= 0.3 is 13.2 Å². The van der Waals surface area contributed by atoms with Crippen LogP contribution in [0.4, 0.5) is 9.18 Å². The Kier molecular flexibility index (Phi) is 9.92. The molecule has 2 amide bonds. The molecule has 10 rings (SSSR count). The van der Waals surface area contributed by atoms with Crippen molar-refractivity contribution in [2.75, 3.05) is 13.7 Å². The minimum absolute atomic E-state index is 0.0300. The van der Waals surface area contributed by atoms with Crippen LogP contribution in [-0.4, -0.2) is 81.7 Å². The third-order valence-electron chi connectivity index (χ3n) is 13.7. The van der Waals surface area contributed by atoms with E-state index < -0.39 is 42.5 Å². The largest absolute Gasteiger partial charge is 0.495 e. The summed E-state index contributed by atoms with van der Waals surface area (Å²) in [5.41, 5.74) is 3.17. The van der Waals surface area contributed by atoms with Gasteiger partial charge in [-0.15, -0.1) is 11.3 Å². The zero-order valence-corrected chi connectivity index (χ0v) is 36.6. The number of carbonyl (C=O) groups is 2. The number of hydrogen-bond acceptors (Lipinski definition) is 9. The van der Waals surface area contributed by atoms with Crippen LogP contribution in [0.25, 0.3) is 33.4 Å².